The van der Waals surface area contributed by atoms with Gasteiger partial charge >= 0.3 is 6.09 Å². The Labute approximate surface area is 113 Å². The van der Waals surface area contributed by atoms with Gasteiger partial charge < -0.3 is 19.9 Å². The van der Waals surface area contributed by atoms with Gasteiger partial charge in [0, 0.05) is 10.0 Å². The molecular formula is C12H14BrNO4. The number of carbonyl (C=O) groups is 1. The molecule has 18 heavy (non-hydrogen) atoms. The number of aliphatic hydroxyl groups is 1. The molecule has 5 nitrogen and oxygen atoms in total. The van der Waals surface area contributed by atoms with E-state index in [-0.39, 0.29) is 12.7 Å². The highest BCUT2D eigenvalue weighted by Gasteiger charge is 2.23. The van der Waals surface area contributed by atoms with Crippen molar-refractivity contribution >= 4 is 22.0 Å². The van der Waals surface area contributed by atoms with Crippen LogP contribution in [0.2, 0.25) is 0 Å². The fourth-order valence-electron chi connectivity index (χ4n) is 1.69. The number of cyclic esters (lactones) is 1. The highest BCUT2D eigenvalue weighted by Crippen LogP contribution is 2.28. The van der Waals surface area contributed by atoms with Crippen LogP contribution in [0.5, 0.6) is 5.75 Å². The summed E-state index contributed by atoms with van der Waals surface area (Å²) in [5.74, 6) is 0.585. The van der Waals surface area contributed by atoms with Crippen molar-refractivity contribution in [2.45, 2.75) is 19.1 Å². The molecule has 2 atom stereocenters. The van der Waals surface area contributed by atoms with E-state index in [2.05, 4.69) is 21.2 Å². The summed E-state index contributed by atoms with van der Waals surface area (Å²) in [5, 5.41) is 12.2. The highest BCUT2D eigenvalue weighted by atomic mass is 79.9. The molecule has 0 bridgehead atoms. The first-order valence-electron chi connectivity index (χ1n) is 5.61. The number of amides is 1. The average Bonchev–Trinajstić information content (AvgIpc) is 2.72. The molecule has 1 unspecified atom stereocenters. The number of hydrogen-bond donors (Lipinski definition) is 2. The van der Waals surface area contributed by atoms with Crippen molar-refractivity contribution in [2.75, 3.05) is 13.2 Å². The maximum Gasteiger partial charge on any atom is 0.407 e. The van der Waals surface area contributed by atoms with Gasteiger partial charge in [-0.25, -0.2) is 4.79 Å². The number of hydrogen-bond acceptors (Lipinski definition) is 4. The number of carbonyl (C=O) groups excluding carboxylic acids is 1. The van der Waals surface area contributed by atoms with Crippen molar-refractivity contribution in [2.24, 2.45) is 0 Å². The van der Waals surface area contributed by atoms with Crippen molar-refractivity contribution in [1.82, 2.24) is 5.32 Å². The van der Waals surface area contributed by atoms with Crippen LogP contribution in [0.15, 0.2) is 22.7 Å². The summed E-state index contributed by atoms with van der Waals surface area (Å²) in [6.07, 6.45) is -1.33. The van der Waals surface area contributed by atoms with Gasteiger partial charge in [-0.05, 0) is 19.1 Å². The van der Waals surface area contributed by atoms with E-state index in [9.17, 15) is 9.90 Å². The summed E-state index contributed by atoms with van der Waals surface area (Å²) in [5.41, 5.74) is 0.704. The molecule has 0 aliphatic carbocycles. The lowest BCUT2D eigenvalue weighted by molar-refractivity contribution is 0.102. The Balaban J connectivity index is 2.03. The fourth-order valence-corrected chi connectivity index (χ4v) is 2.03. The number of halogens is 1. The van der Waals surface area contributed by atoms with Crippen molar-refractivity contribution in [3.63, 3.8) is 0 Å². The number of alkyl carbamates (subject to hydrolysis) is 1. The minimum atomic E-state index is -0.614. The molecule has 1 aromatic rings. The SMILES string of the molecule is C[C@H](O)c1ccc(Br)cc1OCC1CNC(=O)O1. The zero-order valence-electron chi connectivity index (χ0n) is 9.85. The molecule has 1 aliphatic heterocycles. The lowest BCUT2D eigenvalue weighted by atomic mass is 10.1. The third-order valence-corrected chi connectivity index (χ3v) is 3.09. The molecule has 1 fully saturated rings. The first-order chi connectivity index (χ1) is 8.56. The number of benzene rings is 1. The Bertz CT molecular complexity index is 450. The van der Waals surface area contributed by atoms with Crippen LogP contribution in [0, 0.1) is 0 Å². The van der Waals surface area contributed by atoms with Gasteiger partial charge in [0.05, 0.1) is 12.6 Å². The molecule has 1 amide bonds. The van der Waals surface area contributed by atoms with E-state index in [1.807, 2.05) is 6.07 Å². The Morgan fingerprint density at radius 1 is 1.67 bits per heavy atom. The molecule has 1 saturated heterocycles. The fraction of sp³-hybridized carbons (Fsp3) is 0.417. The highest BCUT2D eigenvalue weighted by molar-refractivity contribution is 9.10. The van der Waals surface area contributed by atoms with E-state index >= 15 is 0 Å². The Morgan fingerprint density at radius 2 is 2.44 bits per heavy atom. The van der Waals surface area contributed by atoms with Crippen molar-refractivity contribution in [1.29, 1.82) is 0 Å². The van der Waals surface area contributed by atoms with Crippen LogP contribution in [0.25, 0.3) is 0 Å². The molecule has 2 rings (SSSR count). The lowest BCUT2D eigenvalue weighted by Gasteiger charge is -2.15. The molecular weight excluding hydrogens is 302 g/mol. The third kappa shape index (κ3) is 3.14. The third-order valence-electron chi connectivity index (χ3n) is 2.60. The van der Waals surface area contributed by atoms with Gasteiger partial charge in [0.2, 0.25) is 0 Å². The molecule has 2 N–H and O–H groups in total. The van der Waals surface area contributed by atoms with Crippen LogP contribution >= 0.6 is 15.9 Å². The molecule has 0 aromatic heterocycles. The molecule has 1 aromatic carbocycles. The van der Waals surface area contributed by atoms with Crippen LogP contribution in [0.1, 0.15) is 18.6 Å². The molecule has 0 saturated carbocycles. The van der Waals surface area contributed by atoms with Gasteiger partial charge in [0.25, 0.3) is 0 Å². The predicted molar refractivity (Wildman–Crippen MR) is 68.5 cm³/mol. The second-order valence-corrected chi connectivity index (χ2v) is 4.99. The summed E-state index contributed by atoms with van der Waals surface area (Å²) in [6.45, 7) is 2.37. The van der Waals surface area contributed by atoms with Gasteiger partial charge in [-0.15, -0.1) is 0 Å². The first-order valence-corrected chi connectivity index (χ1v) is 6.40. The second kappa shape index (κ2) is 5.58. The van der Waals surface area contributed by atoms with Gasteiger partial charge in [-0.3, -0.25) is 0 Å². The Kier molecular flexibility index (Phi) is 4.08. The summed E-state index contributed by atoms with van der Waals surface area (Å²) in [4.78, 5) is 10.9. The largest absolute Gasteiger partial charge is 0.489 e. The molecule has 6 heteroatoms. The Morgan fingerprint density at radius 3 is 3.06 bits per heavy atom. The van der Waals surface area contributed by atoms with E-state index in [1.54, 1.807) is 19.1 Å². The van der Waals surface area contributed by atoms with Crippen LogP contribution in [-0.4, -0.2) is 30.5 Å². The van der Waals surface area contributed by atoms with Crippen LogP contribution in [0.3, 0.4) is 0 Å². The van der Waals surface area contributed by atoms with Crippen LogP contribution in [0.4, 0.5) is 4.79 Å². The molecule has 1 heterocycles. The number of ether oxygens (including phenoxy) is 2. The zero-order valence-corrected chi connectivity index (χ0v) is 11.4. The van der Waals surface area contributed by atoms with Crippen molar-refractivity contribution in [3.8, 4) is 5.75 Å². The first kappa shape index (κ1) is 13.2. The van der Waals surface area contributed by atoms with Gasteiger partial charge in [0.1, 0.15) is 12.4 Å². The number of aliphatic hydroxyl groups excluding tert-OH is 1. The van der Waals surface area contributed by atoms with E-state index in [0.717, 1.165) is 4.47 Å². The second-order valence-electron chi connectivity index (χ2n) is 4.08. The van der Waals surface area contributed by atoms with E-state index < -0.39 is 12.2 Å². The smallest absolute Gasteiger partial charge is 0.407 e. The normalized spacial score (nSPS) is 20.2. The summed E-state index contributed by atoms with van der Waals surface area (Å²) in [6, 6.07) is 5.42. The van der Waals surface area contributed by atoms with E-state index in [0.29, 0.717) is 17.9 Å². The minimum absolute atomic E-state index is 0.259. The number of rotatable bonds is 4. The minimum Gasteiger partial charge on any atom is -0.489 e. The zero-order chi connectivity index (χ0) is 13.1. The molecule has 1 aliphatic rings. The van der Waals surface area contributed by atoms with Crippen molar-refractivity contribution in [3.05, 3.63) is 28.2 Å². The van der Waals surface area contributed by atoms with Crippen LogP contribution < -0.4 is 10.1 Å². The topological polar surface area (TPSA) is 67.8 Å². The molecule has 0 radical (unpaired) electrons. The Hall–Kier alpha value is -1.27. The predicted octanol–water partition coefficient (Wildman–Crippen LogP) is 1.99. The maximum atomic E-state index is 10.9. The quantitative estimate of drug-likeness (QED) is 0.891. The average molecular weight is 316 g/mol. The van der Waals surface area contributed by atoms with Gasteiger partial charge in [-0.2, -0.15) is 0 Å². The van der Waals surface area contributed by atoms with Gasteiger partial charge in [0.15, 0.2) is 6.10 Å². The van der Waals surface area contributed by atoms with Crippen LogP contribution in [-0.2, 0) is 4.74 Å². The standard InChI is InChI=1S/C12H14BrNO4/c1-7(15)10-3-2-8(13)4-11(10)17-6-9-5-14-12(16)18-9/h2-4,7,9,15H,5-6H2,1H3,(H,14,16)/t7-,9?/m0/s1. The van der Waals surface area contributed by atoms with Crippen molar-refractivity contribution < 1.29 is 19.4 Å². The van der Waals surface area contributed by atoms with Gasteiger partial charge in [-0.1, -0.05) is 22.0 Å². The summed E-state index contributed by atoms with van der Waals surface area (Å²) < 4.78 is 11.4. The summed E-state index contributed by atoms with van der Waals surface area (Å²) >= 11 is 3.35. The van der Waals surface area contributed by atoms with E-state index in [1.165, 1.54) is 0 Å². The maximum absolute atomic E-state index is 10.9. The van der Waals surface area contributed by atoms with E-state index in [4.69, 9.17) is 9.47 Å². The monoisotopic (exact) mass is 315 g/mol. The molecule has 98 valence electrons. The number of nitrogens with one attached hydrogen (secondary N) is 1. The summed E-state index contributed by atoms with van der Waals surface area (Å²) in [7, 11) is 0. The lowest BCUT2D eigenvalue weighted by Crippen LogP contribution is -2.22. The molecule has 0 spiro atoms.